The molecule has 1 N–H and O–H groups in total. The molecule has 0 fully saturated rings. The molecule has 0 aliphatic heterocycles. The lowest BCUT2D eigenvalue weighted by Crippen LogP contribution is -2.19. The molecule has 1 heterocycles. The molecule has 10 heteroatoms. The van der Waals surface area contributed by atoms with Crippen molar-refractivity contribution in [2.45, 2.75) is 17.4 Å². The van der Waals surface area contributed by atoms with Crippen LogP contribution < -0.4 is 5.32 Å². The van der Waals surface area contributed by atoms with E-state index in [0.717, 1.165) is 22.9 Å². The zero-order valence-corrected chi connectivity index (χ0v) is 18.8. The third kappa shape index (κ3) is 5.39. The van der Waals surface area contributed by atoms with Crippen LogP contribution in [0.5, 0.6) is 0 Å². The number of aromatic nitrogens is 2. The number of carbonyl (C=O) groups is 1. The van der Waals surface area contributed by atoms with Crippen molar-refractivity contribution in [3.8, 4) is 11.5 Å². The molecule has 0 aliphatic carbocycles. The summed E-state index contributed by atoms with van der Waals surface area (Å²) in [5, 5.41) is 21.5. The lowest BCUT2D eigenvalue weighted by atomic mass is 10.1. The summed E-state index contributed by atoms with van der Waals surface area (Å²) in [6, 6.07) is 20.8. The molecule has 0 aliphatic rings. The monoisotopic (exact) mass is 480 g/mol. The molecule has 0 spiro atoms. The Labute approximate surface area is 198 Å². The minimum Gasteiger partial charge on any atom is -0.411 e. The Morgan fingerprint density at radius 3 is 2.52 bits per heavy atom. The van der Waals surface area contributed by atoms with Gasteiger partial charge in [0.25, 0.3) is 10.9 Å². The van der Waals surface area contributed by atoms with E-state index in [9.17, 15) is 14.9 Å². The number of hydrogen-bond acceptors (Lipinski definition) is 7. The molecule has 0 saturated heterocycles. The van der Waals surface area contributed by atoms with Gasteiger partial charge in [-0.15, -0.1) is 10.2 Å². The van der Waals surface area contributed by atoms with Crippen LogP contribution >= 0.6 is 23.4 Å². The van der Waals surface area contributed by atoms with Crippen molar-refractivity contribution in [2.24, 2.45) is 0 Å². The topological polar surface area (TPSA) is 111 Å². The van der Waals surface area contributed by atoms with Gasteiger partial charge < -0.3 is 9.73 Å². The van der Waals surface area contributed by atoms with Gasteiger partial charge in [0, 0.05) is 17.3 Å². The summed E-state index contributed by atoms with van der Waals surface area (Å²) in [6.07, 6.45) is 0. The number of nitro benzene ring substituents is 1. The number of anilines is 1. The zero-order valence-electron chi connectivity index (χ0n) is 17.3. The number of aryl methyl sites for hydroxylation is 1. The number of carbonyl (C=O) groups excluding carboxylic acids is 1. The summed E-state index contributed by atoms with van der Waals surface area (Å²) < 4.78 is 5.78. The molecule has 0 radical (unpaired) electrons. The van der Waals surface area contributed by atoms with E-state index in [1.807, 2.05) is 49.4 Å². The van der Waals surface area contributed by atoms with Gasteiger partial charge >= 0.3 is 0 Å². The summed E-state index contributed by atoms with van der Waals surface area (Å²) in [6.45, 7) is 1.98. The molecule has 0 bridgehead atoms. The molecule has 1 atom stereocenters. The first-order valence-corrected chi connectivity index (χ1v) is 11.0. The van der Waals surface area contributed by atoms with Crippen LogP contribution in [-0.4, -0.2) is 21.0 Å². The Morgan fingerprint density at radius 1 is 1.09 bits per heavy atom. The molecule has 166 valence electrons. The summed E-state index contributed by atoms with van der Waals surface area (Å²) in [4.78, 5) is 23.7. The van der Waals surface area contributed by atoms with Crippen molar-refractivity contribution in [1.82, 2.24) is 10.2 Å². The normalized spacial score (nSPS) is 11.7. The van der Waals surface area contributed by atoms with Gasteiger partial charge in [-0.3, -0.25) is 14.9 Å². The smallest absolute Gasteiger partial charge is 0.289 e. The third-order valence-electron chi connectivity index (χ3n) is 4.67. The molecule has 4 aromatic rings. The van der Waals surface area contributed by atoms with E-state index in [1.165, 1.54) is 18.2 Å². The van der Waals surface area contributed by atoms with Crippen LogP contribution in [-0.2, 0) is 4.79 Å². The van der Waals surface area contributed by atoms with Crippen molar-refractivity contribution in [3.63, 3.8) is 0 Å². The SMILES string of the molecule is Cc1ccc(-c2nnc(SC(C(=O)Nc3ccc(Cl)c([N+](=O)[O-])c3)c3ccccc3)o2)cc1. The fourth-order valence-corrected chi connectivity index (χ4v) is 4.07. The number of thioether (sulfide) groups is 1. The molecular formula is C23H17ClN4O4S. The van der Waals surface area contributed by atoms with Gasteiger partial charge in [0.2, 0.25) is 11.8 Å². The summed E-state index contributed by atoms with van der Waals surface area (Å²) >= 11 is 6.96. The Kier molecular flexibility index (Phi) is 6.71. The van der Waals surface area contributed by atoms with Gasteiger partial charge in [-0.25, -0.2) is 0 Å². The Balaban J connectivity index is 1.59. The number of amides is 1. The largest absolute Gasteiger partial charge is 0.411 e. The standard InChI is InChI=1S/C23H17ClN4O4S/c1-14-7-9-16(10-8-14)22-26-27-23(32-22)33-20(15-5-3-2-4-6-15)21(29)25-17-11-12-18(24)19(13-17)28(30)31/h2-13,20H,1H3,(H,25,29). The summed E-state index contributed by atoms with van der Waals surface area (Å²) in [7, 11) is 0. The van der Waals surface area contributed by atoms with Crippen LogP contribution in [0.1, 0.15) is 16.4 Å². The first-order valence-electron chi connectivity index (χ1n) is 9.77. The molecule has 33 heavy (non-hydrogen) atoms. The van der Waals surface area contributed by atoms with Gasteiger partial charge in [-0.1, -0.05) is 59.6 Å². The quantitative estimate of drug-likeness (QED) is 0.194. The molecular weight excluding hydrogens is 464 g/mol. The van der Waals surface area contributed by atoms with Crippen LogP contribution in [0.2, 0.25) is 5.02 Å². The van der Waals surface area contributed by atoms with Crippen molar-refractivity contribution < 1.29 is 14.1 Å². The maximum Gasteiger partial charge on any atom is 0.289 e. The Hall–Kier alpha value is -3.69. The van der Waals surface area contributed by atoms with Crippen LogP contribution in [0.3, 0.4) is 0 Å². The van der Waals surface area contributed by atoms with Crippen molar-refractivity contribution >= 4 is 40.6 Å². The maximum absolute atomic E-state index is 13.2. The highest BCUT2D eigenvalue weighted by Crippen LogP contribution is 2.37. The van der Waals surface area contributed by atoms with E-state index in [-0.39, 0.29) is 21.6 Å². The lowest BCUT2D eigenvalue weighted by molar-refractivity contribution is -0.384. The van der Waals surface area contributed by atoms with E-state index in [4.69, 9.17) is 16.0 Å². The molecule has 8 nitrogen and oxygen atoms in total. The highest BCUT2D eigenvalue weighted by Gasteiger charge is 2.26. The van der Waals surface area contributed by atoms with Gasteiger partial charge in [-0.05, 0) is 48.5 Å². The molecule has 0 saturated carbocycles. The van der Waals surface area contributed by atoms with Crippen LogP contribution in [0, 0.1) is 17.0 Å². The van der Waals surface area contributed by atoms with E-state index in [2.05, 4.69) is 15.5 Å². The molecule has 3 aromatic carbocycles. The predicted molar refractivity (Wildman–Crippen MR) is 126 cm³/mol. The zero-order chi connectivity index (χ0) is 23.4. The molecule has 1 unspecified atom stereocenters. The van der Waals surface area contributed by atoms with Crippen LogP contribution in [0.25, 0.3) is 11.5 Å². The number of nitrogens with zero attached hydrogens (tertiary/aromatic N) is 3. The van der Waals surface area contributed by atoms with Crippen molar-refractivity contribution in [3.05, 3.63) is 99.1 Å². The van der Waals surface area contributed by atoms with E-state index in [0.29, 0.717) is 11.5 Å². The van der Waals surface area contributed by atoms with Gasteiger partial charge in [0.15, 0.2) is 0 Å². The number of hydrogen-bond donors (Lipinski definition) is 1. The van der Waals surface area contributed by atoms with E-state index < -0.39 is 16.1 Å². The number of benzene rings is 3. The summed E-state index contributed by atoms with van der Waals surface area (Å²) in [5.41, 5.74) is 2.55. The van der Waals surface area contributed by atoms with Crippen LogP contribution in [0.15, 0.2) is 82.4 Å². The minimum atomic E-state index is -0.743. The highest BCUT2D eigenvalue weighted by molar-refractivity contribution is 8.00. The minimum absolute atomic E-state index is 0.0125. The number of nitro groups is 1. The van der Waals surface area contributed by atoms with Gasteiger partial charge in [0.1, 0.15) is 10.3 Å². The van der Waals surface area contributed by atoms with Crippen LogP contribution in [0.4, 0.5) is 11.4 Å². The second kappa shape index (κ2) is 9.85. The van der Waals surface area contributed by atoms with E-state index >= 15 is 0 Å². The molecule has 1 aromatic heterocycles. The number of halogens is 1. The fourth-order valence-electron chi connectivity index (χ4n) is 3.01. The summed E-state index contributed by atoms with van der Waals surface area (Å²) in [5.74, 6) is -0.0593. The number of nitrogens with one attached hydrogen (secondary N) is 1. The first kappa shape index (κ1) is 22.5. The second-order valence-electron chi connectivity index (χ2n) is 7.06. The lowest BCUT2D eigenvalue weighted by Gasteiger charge is -2.15. The fraction of sp³-hybridized carbons (Fsp3) is 0.0870. The highest BCUT2D eigenvalue weighted by atomic mass is 35.5. The molecule has 1 amide bonds. The Bertz CT molecular complexity index is 1300. The van der Waals surface area contributed by atoms with Gasteiger partial charge in [-0.2, -0.15) is 0 Å². The average Bonchev–Trinajstić information content (AvgIpc) is 3.28. The number of rotatable bonds is 7. The van der Waals surface area contributed by atoms with Gasteiger partial charge in [0.05, 0.1) is 4.92 Å². The molecule has 4 rings (SSSR count). The predicted octanol–water partition coefficient (Wildman–Crippen LogP) is 6.08. The average molecular weight is 481 g/mol. The van der Waals surface area contributed by atoms with Crippen molar-refractivity contribution in [2.75, 3.05) is 5.32 Å². The first-order chi connectivity index (χ1) is 15.9. The Morgan fingerprint density at radius 2 is 1.82 bits per heavy atom. The maximum atomic E-state index is 13.2. The van der Waals surface area contributed by atoms with Crippen molar-refractivity contribution in [1.29, 1.82) is 0 Å². The van der Waals surface area contributed by atoms with E-state index in [1.54, 1.807) is 12.1 Å². The third-order valence-corrected chi connectivity index (χ3v) is 6.08. The second-order valence-corrected chi connectivity index (χ2v) is 8.52.